The van der Waals surface area contributed by atoms with E-state index in [1.54, 1.807) is 0 Å². The van der Waals surface area contributed by atoms with Crippen molar-refractivity contribution < 1.29 is 18.7 Å². The number of nitrogens with one attached hydrogen (secondary N) is 1. The van der Waals surface area contributed by atoms with Gasteiger partial charge in [-0.3, -0.25) is 0 Å². The van der Waals surface area contributed by atoms with Crippen molar-refractivity contribution in [1.82, 2.24) is 4.90 Å². The molecule has 1 aliphatic carbocycles. The fourth-order valence-corrected chi connectivity index (χ4v) is 2.81. The summed E-state index contributed by atoms with van der Waals surface area (Å²) in [6.45, 7) is 0.152. The first-order chi connectivity index (χ1) is 9.81. The minimum absolute atomic E-state index is 0.152. The Balaban J connectivity index is 2.04. The molecule has 0 aromatic heterocycles. The zero-order valence-electron chi connectivity index (χ0n) is 11.6. The zero-order chi connectivity index (χ0) is 15.6. The highest BCUT2D eigenvalue weighted by Gasteiger charge is 2.33. The number of anilines is 1. The third-order valence-electron chi connectivity index (χ3n) is 3.65. The van der Waals surface area contributed by atoms with Gasteiger partial charge >= 0.3 is 6.03 Å². The van der Waals surface area contributed by atoms with Gasteiger partial charge in [0.1, 0.15) is 5.82 Å². The van der Waals surface area contributed by atoms with E-state index in [-0.39, 0.29) is 17.3 Å². The van der Waals surface area contributed by atoms with E-state index in [1.807, 2.05) is 0 Å². The van der Waals surface area contributed by atoms with Crippen LogP contribution in [0.3, 0.4) is 0 Å². The van der Waals surface area contributed by atoms with Gasteiger partial charge in [-0.1, -0.05) is 24.4 Å². The van der Waals surface area contributed by atoms with E-state index in [0.717, 1.165) is 18.9 Å². The van der Waals surface area contributed by atoms with Crippen LogP contribution in [-0.4, -0.2) is 35.2 Å². The standard InChI is InChI=1S/C14H17ClF2N2O2/c1-19(8-14(21)4-2-3-5-14)13(20)18-12-10(15)6-9(16)7-11(12)17/h6-7,21H,2-5,8H2,1H3,(H,18,20). The molecule has 116 valence electrons. The monoisotopic (exact) mass is 318 g/mol. The van der Waals surface area contributed by atoms with Gasteiger partial charge in [0.15, 0.2) is 5.82 Å². The van der Waals surface area contributed by atoms with Gasteiger partial charge in [0.05, 0.1) is 22.9 Å². The number of likely N-dealkylation sites (N-methyl/N-ethyl adjacent to an activating group) is 1. The van der Waals surface area contributed by atoms with E-state index >= 15 is 0 Å². The molecule has 1 aromatic carbocycles. The Bertz CT molecular complexity index is 525. The molecule has 1 aliphatic rings. The molecule has 0 spiro atoms. The number of aliphatic hydroxyl groups is 1. The van der Waals surface area contributed by atoms with Crippen molar-refractivity contribution in [3.63, 3.8) is 0 Å². The number of benzene rings is 1. The van der Waals surface area contributed by atoms with Crippen LogP contribution in [0.15, 0.2) is 12.1 Å². The Morgan fingerprint density at radius 2 is 2.05 bits per heavy atom. The second-order valence-electron chi connectivity index (χ2n) is 5.46. The summed E-state index contributed by atoms with van der Waals surface area (Å²) in [5.74, 6) is -1.76. The molecule has 1 aromatic rings. The Morgan fingerprint density at radius 3 is 2.62 bits per heavy atom. The van der Waals surface area contributed by atoms with Crippen LogP contribution < -0.4 is 5.32 Å². The lowest BCUT2D eigenvalue weighted by Crippen LogP contribution is -2.43. The number of rotatable bonds is 3. The first-order valence-electron chi connectivity index (χ1n) is 6.70. The number of carbonyl (C=O) groups excluding carboxylic acids is 1. The highest BCUT2D eigenvalue weighted by atomic mass is 35.5. The van der Waals surface area contributed by atoms with E-state index in [4.69, 9.17) is 11.6 Å². The third-order valence-corrected chi connectivity index (χ3v) is 3.95. The highest BCUT2D eigenvalue weighted by molar-refractivity contribution is 6.33. The Kier molecular flexibility index (Phi) is 4.68. The SMILES string of the molecule is CN(CC1(O)CCCC1)C(=O)Nc1c(F)cc(F)cc1Cl. The van der Waals surface area contributed by atoms with Gasteiger partial charge in [-0.05, 0) is 18.9 Å². The molecular formula is C14H17ClF2N2O2. The molecule has 0 saturated heterocycles. The lowest BCUT2D eigenvalue weighted by molar-refractivity contribution is 0.0261. The summed E-state index contributed by atoms with van der Waals surface area (Å²) in [5.41, 5.74) is -1.16. The van der Waals surface area contributed by atoms with Crippen LogP contribution in [0.25, 0.3) is 0 Å². The third kappa shape index (κ3) is 3.83. The van der Waals surface area contributed by atoms with Crippen molar-refractivity contribution in [1.29, 1.82) is 0 Å². The number of halogens is 3. The Labute approximate surface area is 126 Å². The van der Waals surface area contributed by atoms with Gasteiger partial charge in [-0.2, -0.15) is 0 Å². The average Bonchev–Trinajstić information content (AvgIpc) is 2.79. The van der Waals surface area contributed by atoms with Crippen LogP contribution in [0.2, 0.25) is 5.02 Å². The quantitative estimate of drug-likeness (QED) is 0.897. The normalized spacial score (nSPS) is 16.8. The summed E-state index contributed by atoms with van der Waals surface area (Å²) < 4.78 is 26.6. The van der Waals surface area contributed by atoms with Gasteiger partial charge in [-0.15, -0.1) is 0 Å². The predicted octanol–water partition coefficient (Wildman–Crippen LogP) is 3.39. The minimum atomic E-state index is -0.943. The van der Waals surface area contributed by atoms with E-state index in [2.05, 4.69) is 5.32 Å². The van der Waals surface area contributed by atoms with E-state index < -0.39 is 23.3 Å². The summed E-state index contributed by atoms with van der Waals surface area (Å²) in [5, 5.41) is 12.3. The molecule has 21 heavy (non-hydrogen) atoms. The largest absolute Gasteiger partial charge is 0.388 e. The fraction of sp³-hybridized carbons (Fsp3) is 0.500. The van der Waals surface area contributed by atoms with Crippen molar-refractivity contribution in [3.05, 3.63) is 28.8 Å². The van der Waals surface area contributed by atoms with E-state index in [9.17, 15) is 18.7 Å². The maximum absolute atomic E-state index is 13.6. The minimum Gasteiger partial charge on any atom is -0.388 e. The molecule has 7 heteroatoms. The Hall–Kier alpha value is -1.40. The van der Waals surface area contributed by atoms with Crippen molar-refractivity contribution in [2.24, 2.45) is 0 Å². The highest BCUT2D eigenvalue weighted by Crippen LogP contribution is 2.30. The molecule has 0 bridgehead atoms. The van der Waals surface area contributed by atoms with Gasteiger partial charge < -0.3 is 15.3 Å². The average molecular weight is 319 g/mol. The maximum Gasteiger partial charge on any atom is 0.321 e. The summed E-state index contributed by atoms with van der Waals surface area (Å²) in [7, 11) is 1.50. The molecule has 2 amide bonds. The smallest absolute Gasteiger partial charge is 0.321 e. The van der Waals surface area contributed by atoms with Crippen LogP contribution in [0.1, 0.15) is 25.7 Å². The molecule has 2 N–H and O–H groups in total. The lowest BCUT2D eigenvalue weighted by atomic mass is 10.0. The molecule has 4 nitrogen and oxygen atoms in total. The Morgan fingerprint density at radius 1 is 1.43 bits per heavy atom. The number of carbonyl (C=O) groups is 1. The molecule has 0 unspecified atom stereocenters. The second kappa shape index (κ2) is 6.15. The van der Waals surface area contributed by atoms with Crippen molar-refractivity contribution in [2.45, 2.75) is 31.3 Å². The van der Waals surface area contributed by atoms with E-state index in [1.165, 1.54) is 11.9 Å². The van der Waals surface area contributed by atoms with Gasteiger partial charge in [0.2, 0.25) is 0 Å². The summed E-state index contributed by atoms with van der Waals surface area (Å²) in [6.07, 6.45) is 3.11. The van der Waals surface area contributed by atoms with E-state index in [0.29, 0.717) is 18.9 Å². The summed E-state index contributed by atoms with van der Waals surface area (Å²) in [4.78, 5) is 13.3. The molecule has 1 saturated carbocycles. The number of amides is 2. The molecule has 2 rings (SSSR count). The maximum atomic E-state index is 13.6. The molecule has 1 fully saturated rings. The number of hydrogen-bond donors (Lipinski definition) is 2. The molecule has 0 aliphatic heterocycles. The first kappa shape index (κ1) is 16.0. The molecule has 0 heterocycles. The summed E-state index contributed by atoms with van der Waals surface area (Å²) >= 11 is 5.72. The topological polar surface area (TPSA) is 52.6 Å². The van der Waals surface area contributed by atoms with Crippen molar-refractivity contribution in [2.75, 3.05) is 18.9 Å². The second-order valence-corrected chi connectivity index (χ2v) is 5.87. The van der Waals surface area contributed by atoms with Gasteiger partial charge in [-0.25, -0.2) is 13.6 Å². The lowest BCUT2D eigenvalue weighted by Gasteiger charge is -2.28. The fourth-order valence-electron chi connectivity index (χ4n) is 2.57. The van der Waals surface area contributed by atoms with Crippen LogP contribution in [-0.2, 0) is 0 Å². The van der Waals surface area contributed by atoms with Gasteiger partial charge in [0, 0.05) is 13.1 Å². The van der Waals surface area contributed by atoms with Crippen LogP contribution >= 0.6 is 11.6 Å². The summed E-state index contributed by atoms with van der Waals surface area (Å²) in [6, 6.07) is 0.958. The molecule has 0 atom stereocenters. The predicted molar refractivity (Wildman–Crippen MR) is 76.4 cm³/mol. The number of nitrogens with zero attached hydrogens (tertiary/aromatic N) is 1. The number of urea groups is 1. The molecule has 0 radical (unpaired) electrons. The van der Waals surface area contributed by atoms with Crippen molar-refractivity contribution in [3.8, 4) is 0 Å². The molecular weight excluding hydrogens is 302 g/mol. The number of hydrogen-bond acceptors (Lipinski definition) is 2. The van der Waals surface area contributed by atoms with Gasteiger partial charge in [0.25, 0.3) is 0 Å². The first-order valence-corrected chi connectivity index (χ1v) is 7.08. The van der Waals surface area contributed by atoms with Crippen molar-refractivity contribution >= 4 is 23.3 Å². The van der Waals surface area contributed by atoms with Crippen LogP contribution in [0.4, 0.5) is 19.3 Å². The van der Waals surface area contributed by atoms with Crippen LogP contribution in [0.5, 0.6) is 0 Å². The van der Waals surface area contributed by atoms with Crippen LogP contribution in [0, 0.1) is 11.6 Å². The zero-order valence-corrected chi connectivity index (χ0v) is 12.4.